The van der Waals surface area contributed by atoms with Crippen molar-refractivity contribution in [1.82, 2.24) is 9.80 Å². The Hall–Kier alpha value is -2.36. The molecule has 2 fully saturated rings. The molecule has 2 atom stereocenters. The Morgan fingerprint density at radius 1 is 0.857 bits per heavy atom. The topological polar surface area (TPSA) is 40.6 Å². The van der Waals surface area contributed by atoms with Gasteiger partial charge in [0.25, 0.3) is 5.91 Å². The summed E-state index contributed by atoms with van der Waals surface area (Å²) in [6.45, 7) is 7.58. The Balaban J connectivity index is 1.41. The molecule has 2 heterocycles. The van der Waals surface area contributed by atoms with Crippen molar-refractivity contribution in [3.63, 3.8) is 0 Å². The fourth-order valence-electron chi connectivity index (χ4n) is 5.01. The van der Waals surface area contributed by atoms with E-state index in [1.807, 2.05) is 47.4 Å². The molecule has 2 aromatic rings. The number of hydrogen-bond acceptors (Lipinski definition) is 2. The third-order valence-electron chi connectivity index (χ3n) is 6.33. The molecule has 2 unspecified atom stereocenters. The van der Waals surface area contributed by atoms with Crippen molar-refractivity contribution in [3.05, 3.63) is 48.0 Å². The Labute approximate surface area is 167 Å². The molecule has 2 aromatic carbocycles. The van der Waals surface area contributed by atoms with Crippen LogP contribution in [0.1, 0.15) is 43.5 Å². The van der Waals surface area contributed by atoms with Gasteiger partial charge in [-0.2, -0.15) is 0 Å². The van der Waals surface area contributed by atoms with Crippen molar-refractivity contribution in [2.45, 2.75) is 33.1 Å². The zero-order valence-corrected chi connectivity index (χ0v) is 16.9. The number of piperidine rings is 2. The molecule has 0 saturated carbocycles. The molecule has 4 heteroatoms. The lowest BCUT2D eigenvalue weighted by atomic mass is 9.89. The van der Waals surface area contributed by atoms with E-state index in [-0.39, 0.29) is 11.8 Å². The minimum atomic E-state index is 0.0640. The molecule has 148 valence electrons. The summed E-state index contributed by atoms with van der Waals surface area (Å²) in [5.41, 5.74) is 0.765. The predicted molar refractivity (Wildman–Crippen MR) is 112 cm³/mol. The minimum Gasteiger partial charge on any atom is -0.342 e. The third-order valence-corrected chi connectivity index (χ3v) is 6.33. The maximum atomic E-state index is 13.1. The van der Waals surface area contributed by atoms with Gasteiger partial charge in [-0.25, -0.2) is 0 Å². The quantitative estimate of drug-likeness (QED) is 0.786. The Morgan fingerprint density at radius 3 is 2.21 bits per heavy atom. The van der Waals surface area contributed by atoms with Crippen LogP contribution in [-0.2, 0) is 4.79 Å². The zero-order chi connectivity index (χ0) is 19.7. The van der Waals surface area contributed by atoms with E-state index < -0.39 is 0 Å². The van der Waals surface area contributed by atoms with E-state index in [2.05, 4.69) is 18.7 Å². The summed E-state index contributed by atoms with van der Waals surface area (Å²) in [5.74, 6) is 1.62. The van der Waals surface area contributed by atoms with Gasteiger partial charge < -0.3 is 9.80 Å². The van der Waals surface area contributed by atoms with Crippen LogP contribution < -0.4 is 0 Å². The van der Waals surface area contributed by atoms with Crippen LogP contribution in [0.2, 0.25) is 0 Å². The highest BCUT2D eigenvalue weighted by molar-refractivity contribution is 6.07. The highest BCUT2D eigenvalue weighted by Gasteiger charge is 2.33. The van der Waals surface area contributed by atoms with Crippen molar-refractivity contribution in [1.29, 1.82) is 0 Å². The van der Waals surface area contributed by atoms with E-state index in [0.29, 0.717) is 30.8 Å². The monoisotopic (exact) mass is 378 g/mol. The molecular formula is C24H30N2O2. The number of carbonyl (C=O) groups excluding carboxylic acids is 2. The molecule has 0 bridgehead atoms. The van der Waals surface area contributed by atoms with Gasteiger partial charge >= 0.3 is 0 Å². The summed E-state index contributed by atoms with van der Waals surface area (Å²) in [6.07, 6.45) is 2.75. The number of carbonyl (C=O) groups is 2. The van der Waals surface area contributed by atoms with Crippen LogP contribution in [0.25, 0.3) is 10.8 Å². The lowest BCUT2D eigenvalue weighted by Gasteiger charge is -2.39. The summed E-state index contributed by atoms with van der Waals surface area (Å²) < 4.78 is 0. The van der Waals surface area contributed by atoms with E-state index in [9.17, 15) is 9.59 Å². The molecule has 2 aliphatic heterocycles. The van der Waals surface area contributed by atoms with Crippen molar-refractivity contribution in [2.24, 2.45) is 17.8 Å². The third kappa shape index (κ3) is 3.78. The number of nitrogens with zero attached hydrogens (tertiary/aromatic N) is 2. The normalized spacial score (nSPS) is 23.8. The second kappa shape index (κ2) is 7.94. The zero-order valence-electron chi connectivity index (χ0n) is 16.9. The van der Waals surface area contributed by atoms with Crippen LogP contribution in [0.15, 0.2) is 42.5 Å². The smallest absolute Gasteiger partial charge is 0.254 e. The first-order valence-electron chi connectivity index (χ1n) is 10.6. The fraction of sp³-hybridized carbons (Fsp3) is 0.500. The summed E-state index contributed by atoms with van der Waals surface area (Å²) in [5, 5.41) is 2.09. The van der Waals surface area contributed by atoms with Crippen LogP contribution in [0.5, 0.6) is 0 Å². The van der Waals surface area contributed by atoms with Gasteiger partial charge in [0, 0.05) is 37.7 Å². The highest BCUT2D eigenvalue weighted by Crippen LogP contribution is 2.27. The van der Waals surface area contributed by atoms with Gasteiger partial charge in [0.15, 0.2) is 0 Å². The van der Waals surface area contributed by atoms with E-state index in [0.717, 1.165) is 42.3 Å². The molecule has 0 aromatic heterocycles. The lowest BCUT2D eigenvalue weighted by molar-refractivity contribution is -0.139. The Morgan fingerprint density at radius 2 is 1.50 bits per heavy atom. The number of rotatable bonds is 2. The first-order chi connectivity index (χ1) is 13.5. The number of fused-ring (bicyclic) bond motifs is 1. The predicted octanol–water partition coefficient (Wildman–Crippen LogP) is 4.20. The maximum Gasteiger partial charge on any atom is 0.254 e. The van der Waals surface area contributed by atoms with Gasteiger partial charge in [-0.15, -0.1) is 0 Å². The summed E-state index contributed by atoms with van der Waals surface area (Å²) in [6, 6.07) is 13.9. The number of likely N-dealkylation sites (tertiary alicyclic amines) is 2. The summed E-state index contributed by atoms with van der Waals surface area (Å²) >= 11 is 0. The van der Waals surface area contributed by atoms with Crippen LogP contribution >= 0.6 is 0 Å². The fourth-order valence-corrected chi connectivity index (χ4v) is 5.01. The SMILES string of the molecule is CC1CC(C)CN(C(=O)C2CCN(C(=O)c3cccc4ccccc34)CC2)C1. The Kier molecular flexibility index (Phi) is 5.38. The number of benzene rings is 2. The molecule has 4 rings (SSSR count). The maximum absolute atomic E-state index is 13.1. The first-order valence-corrected chi connectivity index (χ1v) is 10.6. The molecule has 0 spiro atoms. The molecule has 2 aliphatic rings. The van der Waals surface area contributed by atoms with E-state index in [4.69, 9.17) is 0 Å². The summed E-state index contributed by atoms with van der Waals surface area (Å²) in [4.78, 5) is 30.1. The molecule has 2 saturated heterocycles. The van der Waals surface area contributed by atoms with Gasteiger partial charge in [-0.3, -0.25) is 9.59 Å². The van der Waals surface area contributed by atoms with E-state index in [1.165, 1.54) is 6.42 Å². The average molecular weight is 379 g/mol. The standard InChI is InChI=1S/C24H30N2O2/c1-17-14-18(2)16-26(15-17)23(27)20-10-12-25(13-11-20)24(28)22-9-5-7-19-6-3-4-8-21(19)22/h3-9,17-18,20H,10-16H2,1-2H3. The first kappa shape index (κ1) is 19.0. The number of amides is 2. The van der Waals surface area contributed by atoms with Gasteiger partial charge in [0.1, 0.15) is 0 Å². The van der Waals surface area contributed by atoms with Crippen molar-refractivity contribution in [3.8, 4) is 0 Å². The second-order valence-electron chi connectivity index (χ2n) is 8.78. The van der Waals surface area contributed by atoms with Gasteiger partial charge in [0.05, 0.1) is 0 Å². The van der Waals surface area contributed by atoms with Crippen LogP contribution in [0.3, 0.4) is 0 Å². The van der Waals surface area contributed by atoms with Crippen molar-refractivity contribution in [2.75, 3.05) is 26.2 Å². The van der Waals surface area contributed by atoms with E-state index >= 15 is 0 Å². The molecule has 28 heavy (non-hydrogen) atoms. The minimum absolute atomic E-state index is 0.0640. The van der Waals surface area contributed by atoms with Gasteiger partial charge in [0.2, 0.25) is 5.91 Å². The molecule has 0 N–H and O–H groups in total. The van der Waals surface area contributed by atoms with Crippen molar-refractivity contribution < 1.29 is 9.59 Å². The Bertz CT molecular complexity index is 855. The van der Waals surface area contributed by atoms with Crippen LogP contribution in [0, 0.1) is 17.8 Å². The second-order valence-corrected chi connectivity index (χ2v) is 8.78. The molecular weight excluding hydrogens is 348 g/mol. The molecule has 2 amide bonds. The molecule has 0 aliphatic carbocycles. The van der Waals surface area contributed by atoms with E-state index in [1.54, 1.807) is 0 Å². The van der Waals surface area contributed by atoms with Crippen molar-refractivity contribution >= 4 is 22.6 Å². The average Bonchev–Trinajstić information content (AvgIpc) is 2.71. The molecule has 4 nitrogen and oxygen atoms in total. The largest absolute Gasteiger partial charge is 0.342 e. The van der Waals surface area contributed by atoms with Crippen LogP contribution in [0.4, 0.5) is 0 Å². The number of hydrogen-bond donors (Lipinski definition) is 0. The van der Waals surface area contributed by atoms with Gasteiger partial charge in [-0.1, -0.05) is 50.2 Å². The molecule has 0 radical (unpaired) electrons. The van der Waals surface area contributed by atoms with Gasteiger partial charge in [-0.05, 0) is 47.9 Å². The van der Waals surface area contributed by atoms with Crippen LogP contribution in [-0.4, -0.2) is 47.8 Å². The lowest BCUT2D eigenvalue weighted by Crippen LogP contribution is -2.48. The summed E-state index contributed by atoms with van der Waals surface area (Å²) in [7, 11) is 0. The highest BCUT2D eigenvalue weighted by atomic mass is 16.2.